The molecule has 0 saturated heterocycles. The fraction of sp³-hybridized carbons (Fsp3) is 0.591. The summed E-state index contributed by atoms with van der Waals surface area (Å²) in [5, 5.41) is 17.2. The van der Waals surface area contributed by atoms with Crippen LogP contribution in [0, 0.1) is 6.92 Å². The lowest BCUT2D eigenvalue weighted by atomic mass is 9.95. The number of rotatable bonds is 8. The molecule has 6 nitrogen and oxygen atoms in total. The van der Waals surface area contributed by atoms with Gasteiger partial charge in [-0.1, -0.05) is 39.2 Å². The molecule has 6 heteroatoms. The average molecular weight is 389 g/mol. The summed E-state index contributed by atoms with van der Waals surface area (Å²) in [5.74, 6) is 0.811. The molecule has 0 spiro atoms. The first kappa shape index (κ1) is 20.7. The van der Waals surface area contributed by atoms with Crippen LogP contribution in [0.4, 0.5) is 0 Å². The van der Waals surface area contributed by atoms with Gasteiger partial charge in [0.1, 0.15) is 24.0 Å². The van der Waals surface area contributed by atoms with Crippen LogP contribution in [0.15, 0.2) is 22.6 Å². The highest BCUT2D eigenvalue weighted by molar-refractivity contribution is 6.00. The number of benzene rings is 1. The van der Waals surface area contributed by atoms with Gasteiger partial charge in [0.15, 0.2) is 5.76 Å². The molecule has 1 aliphatic rings. The Kier molecular flexibility index (Phi) is 6.97. The Hall–Kier alpha value is -2.05. The Bertz CT molecular complexity index is 793. The molecule has 1 saturated carbocycles. The number of hydrogen-bond acceptors (Lipinski definition) is 5. The normalized spacial score (nSPS) is 16.5. The molecule has 0 aliphatic heterocycles. The summed E-state index contributed by atoms with van der Waals surface area (Å²) >= 11 is 0. The van der Waals surface area contributed by atoms with Crippen LogP contribution in [-0.4, -0.2) is 42.4 Å². The van der Waals surface area contributed by atoms with Crippen LogP contribution in [0.1, 0.15) is 62.1 Å². The molecule has 3 rings (SSSR count). The van der Waals surface area contributed by atoms with Gasteiger partial charge >= 0.3 is 0 Å². The Labute approximate surface area is 166 Å². The van der Waals surface area contributed by atoms with Crippen LogP contribution in [0.3, 0.4) is 0 Å². The molecule has 154 valence electrons. The molecule has 1 fully saturated rings. The Morgan fingerprint density at radius 1 is 1.29 bits per heavy atom. The van der Waals surface area contributed by atoms with Crippen molar-refractivity contribution in [3.8, 4) is 5.75 Å². The number of hydrogen-bond donors (Lipinski definition) is 3. The minimum absolute atomic E-state index is 0.160. The fourth-order valence-corrected chi connectivity index (χ4v) is 3.72. The van der Waals surface area contributed by atoms with Gasteiger partial charge in [0, 0.05) is 24.2 Å². The van der Waals surface area contributed by atoms with Gasteiger partial charge in [0.05, 0.1) is 5.39 Å². The first-order valence-corrected chi connectivity index (χ1v) is 10.3. The highest BCUT2D eigenvalue weighted by atomic mass is 16.5. The first-order chi connectivity index (χ1) is 13.5. The third kappa shape index (κ3) is 5.06. The van der Waals surface area contributed by atoms with Gasteiger partial charge in [-0.3, -0.25) is 4.79 Å². The summed E-state index contributed by atoms with van der Waals surface area (Å²) in [4.78, 5) is 12.7. The van der Waals surface area contributed by atoms with Crippen LogP contribution in [0.2, 0.25) is 0 Å². The molecule has 1 atom stereocenters. The summed E-state index contributed by atoms with van der Waals surface area (Å²) in [6, 6.07) is 6.05. The molecule has 1 aromatic carbocycles. The summed E-state index contributed by atoms with van der Waals surface area (Å²) in [6.07, 6.45) is 5.02. The number of aliphatic hydroxyl groups excluding tert-OH is 1. The number of fused-ring (bicyclic) bond motifs is 1. The van der Waals surface area contributed by atoms with Gasteiger partial charge in [-0.25, -0.2) is 0 Å². The maximum Gasteiger partial charge on any atom is 0.287 e. The van der Waals surface area contributed by atoms with Crippen LogP contribution >= 0.6 is 0 Å². The maximum absolute atomic E-state index is 12.7. The molecule has 1 aliphatic carbocycles. The summed E-state index contributed by atoms with van der Waals surface area (Å²) in [7, 11) is 0. The predicted octanol–water partition coefficient (Wildman–Crippen LogP) is 3.54. The summed E-state index contributed by atoms with van der Waals surface area (Å²) in [6.45, 7) is 6.58. The highest BCUT2D eigenvalue weighted by Crippen LogP contribution is 2.33. The van der Waals surface area contributed by atoms with Crippen molar-refractivity contribution in [3.05, 3.63) is 29.5 Å². The summed E-state index contributed by atoms with van der Waals surface area (Å²) < 4.78 is 11.7. The van der Waals surface area contributed by atoms with Gasteiger partial charge in [-0.2, -0.15) is 0 Å². The van der Waals surface area contributed by atoms with E-state index < -0.39 is 6.10 Å². The van der Waals surface area contributed by atoms with E-state index in [1.807, 2.05) is 39.0 Å². The lowest BCUT2D eigenvalue weighted by Gasteiger charge is -2.22. The van der Waals surface area contributed by atoms with Gasteiger partial charge in [-0.15, -0.1) is 0 Å². The second-order valence-corrected chi connectivity index (χ2v) is 8.02. The van der Waals surface area contributed by atoms with E-state index in [-0.39, 0.29) is 18.6 Å². The SMILES string of the molecule is Cc1c(C(=O)NC2CCCCC2)oc2cccc(OCC(O)CNC(C)C)c12. The second kappa shape index (κ2) is 9.43. The van der Waals surface area contributed by atoms with E-state index in [1.165, 1.54) is 6.42 Å². The van der Waals surface area contributed by atoms with Crippen LogP contribution in [-0.2, 0) is 0 Å². The zero-order valence-electron chi connectivity index (χ0n) is 17.1. The Balaban J connectivity index is 1.72. The van der Waals surface area contributed by atoms with Crippen LogP contribution < -0.4 is 15.4 Å². The topological polar surface area (TPSA) is 83.7 Å². The maximum atomic E-state index is 12.7. The van der Waals surface area contributed by atoms with E-state index in [4.69, 9.17) is 9.15 Å². The molecule has 0 bridgehead atoms. The van der Waals surface area contributed by atoms with Crippen molar-refractivity contribution in [2.75, 3.05) is 13.2 Å². The van der Waals surface area contributed by atoms with Crippen molar-refractivity contribution in [2.24, 2.45) is 0 Å². The summed E-state index contributed by atoms with van der Waals surface area (Å²) in [5.41, 5.74) is 1.40. The quantitative estimate of drug-likeness (QED) is 0.644. The number of amides is 1. The fourth-order valence-electron chi connectivity index (χ4n) is 3.72. The highest BCUT2D eigenvalue weighted by Gasteiger charge is 2.23. The molecule has 3 N–H and O–H groups in total. The number of nitrogens with one attached hydrogen (secondary N) is 2. The van der Waals surface area contributed by atoms with E-state index in [0.29, 0.717) is 29.7 Å². The third-order valence-electron chi connectivity index (χ3n) is 5.26. The van der Waals surface area contributed by atoms with Crippen molar-refractivity contribution in [3.63, 3.8) is 0 Å². The van der Waals surface area contributed by atoms with Crippen molar-refractivity contribution in [1.29, 1.82) is 0 Å². The van der Waals surface area contributed by atoms with E-state index in [1.54, 1.807) is 0 Å². The van der Waals surface area contributed by atoms with Crippen molar-refractivity contribution in [2.45, 2.75) is 71.1 Å². The number of furan rings is 1. The van der Waals surface area contributed by atoms with Crippen LogP contribution in [0.5, 0.6) is 5.75 Å². The van der Waals surface area contributed by atoms with Crippen molar-refractivity contribution >= 4 is 16.9 Å². The lowest BCUT2D eigenvalue weighted by molar-refractivity contribution is 0.0901. The number of aliphatic hydroxyl groups is 1. The van der Waals surface area contributed by atoms with E-state index in [0.717, 1.165) is 36.6 Å². The zero-order valence-corrected chi connectivity index (χ0v) is 17.1. The molecule has 28 heavy (non-hydrogen) atoms. The third-order valence-corrected chi connectivity index (χ3v) is 5.26. The molecule has 1 heterocycles. The molecule has 1 unspecified atom stereocenters. The Morgan fingerprint density at radius 3 is 2.75 bits per heavy atom. The van der Waals surface area contributed by atoms with E-state index in [9.17, 15) is 9.90 Å². The number of carbonyl (C=O) groups is 1. The molecule has 2 aromatic rings. The van der Waals surface area contributed by atoms with Gasteiger partial charge in [-0.05, 0) is 31.9 Å². The zero-order chi connectivity index (χ0) is 20.1. The predicted molar refractivity (Wildman–Crippen MR) is 110 cm³/mol. The number of aryl methyl sites for hydroxylation is 1. The Morgan fingerprint density at radius 2 is 2.04 bits per heavy atom. The monoisotopic (exact) mass is 388 g/mol. The van der Waals surface area contributed by atoms with Crippen molar-refractivity contribution < 1.29 is 19.1 Å². The smallest absolute Gasteiger partial charge is 0.287 e. The number of ether oxygens (including phenoxy) is 1. The molecule has 1 aromatic heterocycles. The minimum atomic E-state index is -0.612. The van der Waals surface area contributed by atoms with Gasteiger partial charge in [0.25, 0.3) is 5.91 Å². The molecule has 1 amide bonds. The standard InChI is InChI=1S/C22H32N2O4/c1-14(2)23-12-17(25)13-27-18-10-7-11-19-20(18)15(3)21(28-19)22(26)24-16-8-5-4-6-9-16/h7,10-11,14,16-17,23,25H,4-6,8-9,12-13H2,1-3H3,(H,24,26). The van der Waals surface area contributed by atoms with E-state index in [2.05, 4.69) is 10.6 Å². The average Bonchev–Trinajstić information content (AvgIpc) is 3.03. The lowest BCUT2D eigenvalue weighted by Crippen LogP contribution is -2.36. The second-order valence-electron chi connectivity index (χ2n) is 8.02. The largest absolute Gasteiger partial charge is 0.490 e. The van der Waals surface area contributed by atoms with E-state index >= 15 is 0 Å². The molecular weight excluding hydrogens is 356 g/mol. The molecular formula is C22H32N2O4. The van der Waals surface area contributed by atoms with Gasteiger partial charge in [0.2, 0.25) is 0 Å². The van der Waals surface area contributed by atoms with Crippen molar-refractivity contribution in [1.82, 2.24) is 10.6 Å². The van der Waals surface area contributed by atoms with Crippen LogP contribution in [0.25, 0.3) is 11.0 Å². The van der Waals surface area contributed by atoms with Gasteiger partial charge < -0.3 is 24.9 Å². The first-order valence-electron chi connectivity index (χ1n) is 10.3. The number of carbonyl (C=O) groups excluding carboxylic acids is 1. The minimum Gasteiger partial charge on any atom is -0.490 e. The molecule has 0 radical (unpaired) electrons.